The number of nitrogens with zero attached hydrogens (tertiary/aromatic N) is 4. The number of pyridine rings is 1. The second kappa shape index (κ2) is 9.42. The molecule has 1 unspecified atom stereocenters. The first-order valence-corrected chi connectivity index (χ1v) is 12.9. The fraction of sp³-hybridized carbons (Fsp3) is 0.200. The van der Waals surface area contributed by atoms with Crippen molar-refractivity contribution in [3.05, 3.63) is 84.3 Å². The van der Waals surface area contributed by atoms with Gasteiger partial charge in [-0.05, 0) is 61.5 Å². The number of aromatic nitrogens is 3. The van der Waals surface area contributed by atoms with Crippen LogP contribution in [0.25, 0.3) is 11.3 Å². The van der Waals surface area contributed by atoms with Gasteiger partial charge in [0, 0.05) is 36.3 Å². The Labute approximate surface area is 216 Å². The van der Waals surface area contributed by atoms with Crippen molar-refractivity contribution in [3.8, 4) is 17.0 Å². The Balaban J connectivity index is 1.54. The fourth-order valence-corrected chi connectivity index (χ4v) is 5.58. The molecule has 2 atom stereocenters. The van der Waals surface area contributed by atoms with Crippen LogP contribution in [0.2, 0.25) is 0 Å². The molecule has 2 N–H and O–H groups in total. The molecule has 0 spiro atoms. The van der Waals surface area contributed by atoms with Crippen molar-refractivity contribution in [1.29, 1.82) is 0 Å². The van der Waals surface area contributed by atoms with Gasteiger partial charge in [-0.1, -0.05) is 6.07 Å². The van der Waals surface area contributed by atoms with Crippen molar-refractivity contribution in [1.82, 2.24) is 19.5 Å². The zero-order chi connectivity index (χ0) is 27.2. The molecule has 9 nitrogen and oxygen atoms in total. The van der Waals surface area contributed by atoms with Gasteiger partial charge in [0.25, 0.3) is 0 Å². The summed E-state index contributed by atoms with van der Waals surface area (Å²) >= 11 is 0. The van der Waals surface area contributed by atoms with E-state index in [1.54, 1.807) is 44.6 Å². The largest absolute Gasteiger partial charge is 0.573 e. The highest BCUT2D eigenvalue weighted by Gasteiger charge is 2.35. The van der Waals surface area contributed by atoms with Crippen LogP contribution in [0.5, 0.6) is 5.75 Å². The molecule has 5 rings (SSSR count). The number of nitrogens with one attached hydrogen (secondary N) is 1. The monoisotopic (exact) mass is 545 g/mol. The summed E-state index contributed by atoms with van der Waals surface area (Å²) in [6, 6.07) is 14.0. The molecular formula is C25H22F3N5O4S. The highest BCUT2D eigenvalue weighted by atomic mass is 32.2. The minimum Gasteiger partial charge on any atom is -0.406 e. The second-order valence-corrected chi connectivity index (χ2v) is 10.4. The van der Waals surface area contributed by atoms with E-state index in [0.29, 0.717) is 33.9 Å². The summed E-state index contributed by atoms with van der Waals surface area (Å²) in [5, 5.41) is 15.6. The van der Waals surface area contributed by atoms with Gasteiger partial charge in [0.1, 0.15) is 11.4 Å². The van der Waals surface area contributed by atoms with Gasteiger partial charge < -0.3 is 14.7 Å². The van der Waals surface area contributed by atoms with Crippen LogP contribution in [0.15, 0.2) is 78.0 Å². The lowest BCUT2D eigenvalue weighted by atomic mass is 9.98. The number of anilines is 2. The molecule has 0 radical (unpaired) electrons. The minimum absolute atomic E-state index is 0.0269. The van der Waals surface area contributed by atoms with Crippen molar-refractivity contribution >= 4 is 21.4 Å². The van der Waals surface area contributed by atoms with E-state index in [-0.39, 0.29) is 4.90 Å². The summed E-state index contributed by atoms with van der Waals surface area (Å²) in [6.07, 6.45) is -2.90. The molecule has 1 aliphatic heterocycles. The van der Waals surface area contributed by atoms with E-state index < -0.39 is 34.4 Å². The maximum absolute atomic E-state index is 13.3. The lowest BCUT2D eigenvalue weighted by molar-refractivity contribution is -0.274. The third-order valence-corrected chi connectivity index (χ3v) is 7.52. The molecule has 1 aliphatic rings. The normalized spacial score (nSPS) is 16.1. The molecule has 3 heterocycles. The topological polar surface area (TPSA) is 110 Å². The third kappa shape index (κ3) is 4.95. The summed E-state index contributed by atoms with van der Waals surface area (Å²) in [5.74, 6) is -0.412. The number of fused-ring (bicyclic) bond motifs is 3. The van der Waals surface area contributed by atoms with Crippen molar-refractivity contribution in [3.63, 3.8) is 0 Å². The van der Waals surface area contributed by atoms with Crippen LogP contribution in [0.3, 0.4) is 0 Å². The van der Waals surface area contributed by atoms with Crippen LogP contribution in [0, 0.1) is 0 Å². The summed E-state index contributed by atoms with van der Waals surface area (Å²) in [7, 11) is -2.32. The van der Waals surface area contributed by atoms with Crippen LogP contribution in [-0.2, 0) is 17.1 Å². The van der Waals surface area contributed by atoms with E-state index in [0.717, 1.165) is 12.1 Å². The van der Waals surface area contributed by atoms with Crippen molar-refractivity contribution in [2.45, 2.75) is 30.5 Å². The lowest BCUT2D eigenvalue weighted by Gasteiger charge is -2.35. The quantitative estimate of drug-likeness (QED) is 0.366. The summed E-state index contributed by atoms with van der Waals surface area (Å²) < 4.78 is 72.3. The fourth-order valence-electron chi connectivity index (χ4n) is 4.34. The standard InChI is InChI=1S/C25H22F3N5O4S/c1-15(21-5-3-4-12-29-21)31-38(35,36)18-10-11-22-19(13-18)23-20(14-32(2)30-23)24(34)33(22)16-6-8-17(9-7-16)37-25(26,27)28/h3-15,24,31,34H,1-2H3/t15-,24?/m0/s1. The average Bonchev–Trinajstić information content (AvgIpc) is 3.26. The number of sulfonamides is 1. The molecule has 13 heteroatoms. The summed E-state index contributed by atoms with van der Waals surface area (Å²) in [5.41, 5.74) is 2.55. The number of aliphatic hydroxyl groups excluding tert-OH is 1. The first kappa shape index (κ1) is 25.7. The van der Waals surface area contributed by atoms with Crippen molar-refractivity contribution in [2.75, 3.05) is 4.90 Å². The Morgan fingerprint density at radius 1 is 1.11 bits per heavy atom. The number of hydrogen-bond donors (Lipinski definition) is 2. The predicted molar refractivity (Wildman–Crippen MR) is 132 cm³/mol. The van der Waals surface area contributed by atoms with Crippen LogP contribution >= 0.6 is 0 Å². The van der Waals surface area contributed by atoms with E-state index in [1.165, 1.54) is 39.9 Å². The number of halogens is 3. The molecule has 2 aromatic heterocycles. The Morgan fingerprint density at radius 2 is 1.84 bits per heavy atom. The summed E-state index contributed by atoms with van der Waals surface area (Å²) in [4.78, 5) is 5.65. The van der Waals surface area contributed by atoms with Gasteiger partial charge in [-0.2, -0.15) is 5.10 Å². The van der Waals surface area contributed by atoms with Gasteiger partial charge in [-0.25, -0.2) is 13.1 Å². The molecule has 0 bridgehead atoms. The maximum atomic E-state index is 13.3. The van der Waals surface area contributed by atoms with Gasteiger partial charge >= 0.3 is 6.36 Å². The second-order valence-electron chi connectivity index (χ2n) is 8.67. The molecule has 0 fully saturated rings. The van der Waals surface area contributed by atoms with E-state index in [9.17, 15) is 26.7 Å². The molecule has 0 saturated carbocycles. The molecule has 0 aliphatic carbocycles. The first-order valence-electron chi connectivity index (χ1n) is 11.4. The van der Waals surface area contributed by atoms with E-state index in [2.05, 4.69) is 19.5 Å². The van der Waals surface area contributed by atoms with Gasteiger partial charge in [0.05, 0.1) is 22.3 Å². The van der Waals surface area contributed by atoms with Crippen LogP contribution in [-0.4, -0.2) is 34.7 Å². The van der Waals surface area contributed by atoms with Crippen LogP contribution in [0.1, 0.15) is 30.5 Å². The Morgan fingerprint density at radius 3 is 2.50 bits per heavy atom. The van der Waals surface area contributed by atoms with Gasteiger partial charge in [0.15, 0.2) is 6.23 Å². The zero-order valence-electron chi connectivity index (χ0n) is 20.1. The Kier molecular flexibility index (Phi) is 6.37. The van der Waals surface area contributed by atoms with E-state index in [4.69, 9.17) is 0 Å². The van der Waals surface area contributed by atoms with Gasteiger partial charge in [-0.3, -0.25) is 9.67 Å². The number of ether oxygens (including phenoxy) is 1. The molecule has 0 saturated heterocycles. The highest BCUT2D eigenvalue weighted by molar-refractivity contribution is 7.89. The molecule has 2 aromatic carbocycles. The number of aliphatic hydroxyl groups is 1. The van der Waals surface area contributed by atoms with Crippen LogP contribution < -0.4 is 14.4 Å². The predicted octanol–water partition coefficient (Wildman–Crippen LogP) is 4.56. The molecule has 198 valence electrons. The van der Waals surface area contributed by atoms with E-state index in [1.807, 2.05) is 0 Å². The highest BCUT2D eigenvalue weighted by Crippen LogP contribution is 2.47. The third-order valence-electron chi connectivity index (χ3n) is 5.98. The Hall–Kier alpha value is -3.94. The first-order chi connectivity index (χ1) is 17.9. The zero-order valence-corrected chi connectivity index (χ0v) is 20.9. The number of alkyl halides is 3. The minimum atomic E-state index is -4.84. The smallest absolute Gasteiger partial charge is 0.406 e. The number of benzene rings is 2. The molecule has 4 aromatic rings. The molecule has 38 heavy (non-hydrogen) atoms. The van der Waals surface area contributed by atoms with Gasteiger partial charge in [-0.15, -0.1) is 13.2 Å². The maximum Gasteiger partial charge on any atom is 0.573 e. The van der Waals surface area contributed by atoms with Crippen LogP contribution in [0.4, 0.5) is 24.5 Å². The number of hydrogen-bond acceptors (Lipinski definition) is 7. The van der Waals surface area contributed by atoms with E-state index >= 15 is 0 Å². The molecule has 0 amide bonds. The van der Waals surface area contributed by atoms with Gasteiger partial charge in [0.2, 0.25) is 10.0 Å². The SMILES string of the molecule is C[C@H](NS(=O)(=O)c1ccc2c(c1)-c1nn(C)cc1C(O)N2c1ccc(OC(F)(F)F)cc1)c1ccccn1. The molecular weight excluding hydrogens is 523 g/mol. The summed E-state index contributed by atoms with van der Waals surface area (Å²) in [6.45, 7) is 1.68. The number of aryl methyl sites for hydroxylation is 1. The van der Waals surface area contributed by atoms with Crippen molar-refractivity contribution in [2.24, 2.45) is 7.05 Å². The average molecular weight is 546 g/mol. The number of rotatable bonds is 6. The Bertz CT molecular complexity index is 1580. The van der Waals surface area contributed by atoms with Crippen molar-refractivity contribution < 1.29 is 31.4 Å². The lowest BCUT2D eigenvalue weighted by Crippen LogP contribution is -2.29.